The summed E-state index contributed by atoms with van der Waals surface area (Å²) in [6.07, 6.45) is 6.07. The Hall–Kier alpha value is -2.92. The van der Waals surface area contributed by atoms with Gasteiger partial charge in [0.1, 0.15) is 11.5 Å². The second-order valence-electron chi connectivity index (χ2n) is 7.48. The van der Waals surface area contributed by atoms with Crippen molar-refractivity contribution in [2.45, 2.75) is 25.3 Å². The Morgan fingerprint density at radius 1 is 1.00 bits per heavy atom. The fraction of sp³-hybridized carbons (Fsp3) is 0.333. The standard InChI is InChI=1S/C24H27N3O2/c1-28-21-10-8-18(9-11-21)16-27-12-4-6-20(17-27)24-15-25-14-23(26-24)19-5-3-7-22(13-19)29-2/h3,5,7-11,13-15,20H,4,6,12,16-17H2,1-2H3/t20-/m1/s1. The molecule has 0 spiro atoms. The van der Waals surface area contributed by atoms with Crippen LogP contribution in [-0.4, -0.2) is 42.2 Å². The molecule has 0 radical (unpaired) electrons. The molecule has 0 bridgehead atoms. The SMILES string of the molecule is COc1ccc(CN2CCC[C@@H](c3cncc(-c4cccc(OC)c4)n3)C2)cc1. The van der Waals surface area contributed by atoms with Gasteiger partial charge in [0, 0.05) is 30.8 Å². The van der Waals surface area contributed by atoms with Crippen LogP contribution in [0.1, 0.15) is 30.0 Å². The molecule has 1 atom stereocenters. The molecule has 1 aliphatic rings. The molecule has 0 aliphatic carbocycles. The summed E-state index contributed by atoms with van der Waals surface area (Å²) in [6, 6.07) is 16.3. The molecule has 1 fully saturated rings. The van der Waals surface area contributed by atoms with Gasteiger partial charge >= 0.3 is 0 Å². The van der Waals surface area contributed by atoms with E-state index < -0.39 is 0 Å². The molecule has 0 amide bonds. The molecule has 1 aromatic heterocycles. The van der Waals surface area contributed by atoms with E-state index in [9.17, 15) is 0 Å². The van der Waals surface area contributed by atoms with E-state index in [-0.39, 0.29) is 0 Å². The van der Waals surface area contributed by atoms with E-state index >= 15 is 0 Å². The smallest absolute Gasteiger partial charge is 0.119 e. The molecule has 0 unspecified atom stereocenters. The monoisotopic (exact) mass is 389 g/mol. The maximum absolute atomic E-state index is 5.35. The van der Waals surface area contributed by atoms with Gasteiger partial charge in [-0.1, -0.05) is 24.3 Å². The number of piperidine rings is 1. The molecule has 29 heavy (non-hydrogen) atoms. The van der Waals surface area contributed by atoms with Gasteiger partial charge in [-0.2, -0.15) is 0 Å². The van der Waals surface area contributed by atoms with E-state index in [0.29, 0.717) is 5.92 Å². The number of hydrogen-bond acceptors (Lipinski definition) is 5. The molecule has 1 saturated heterocycles. The largest absolute Gasteiger partial charge is 0.497 e. The molecule has 5 heteroatoms. The van der Waals surface area contributed by atoms with Crippen molar-refractivity contribution in [3.05, 3.63) is 72.2 Å². The first-order chi connectivity index (χ1) is 14.2. The fourth-order valence-electron chi connectivity index (χ4n) is 3.93. The van der Waals surface area contributed by atoms with Gasteiger partial charge in [0.25, 0.3) is 0 Å². The third-order valence-electron chi connectivity index (χ3n) is 5.51. The lowest BCUT2D eigenvalue weighted by Gasteiger charge is -2.32. The van der Waals surface area contributed by atoms with Crippen LogP contribution in [0.15, 0.2) is 60.9 Å². The molecular weight excluding hydrogens is 362 g/mol. The third-order valence-corrected chi connectivity index (χ3v) is 5.51. The number of rotatable bonds is 6. The first-order valence-electron chi connectivity index (χ1n) is 10.1. The zero-order valence-corrected chi connectivity index (χ0v) is 17.0. The Morgan fingerprint density at radius 2 is 1.83 bits per heavy atom. The molecule has 150 valence electrons. The summed E-state index contributed by atoms with van der Waals surface area (Å²) < 4.78 is 10.6. The van der Waals surface area contributed by atoms with Crippen LogP contribution in [-0.2, 0) is 6.54 Å². The highest BCUT2D eigenvalue weighted by Gasteiger charge is 2.23. The maximum Gasteiger partial charge on any atom is 0.119 e. The van der Waals surface area contributed by atoms with Gasteiger partial charge in [0.2, 0.25) is 0 Å². The Kier molecular flexibility index (Phi) is 6.06. The van der Waals surface area contributed by atoms with Crippen LogP contribution in [0.4, 0.5) is 0 Å². The lowest BCUT2D eigenvalue weighted by atomic mass is 9.94. The predicted octanol–water partition coefficient (Wildman–Crippen LogP) is 4.54. The van der Waals surface area contributed by atoms with Crippen LogP contribution in [0, 0.1) is 0 Å². The Labute approximate surface area is 172 Å². The number of benzene rings is 2. The average Bonchev–Trinajstić information content (AvgIpc) is 2.80. The Morgan fingerprint density at radius 3 is 2.62 bits per heavy atom. The van der Waals surface area contributed by atoms with E-state index in [4.69, 9.17) is 14.5 Å². The number of likely N-dealkylation sites (tertiary alicyclic amines) is 1. The summed E-state index contributed by atoms with van der Waals surface area (Å²) in [5.41, 5.74) is 4.31. The molecule has 1 aliphatic heterocycles. The normalized spacial score (nSPS) is 17.1. The van der Waals surface area contributed by atoms with Gasteiger partial charge in [-0.3, -0.25) is 9.88 Å². The fourth-order valence-corrected chi connectivity index (χ4v) is 3.93. The molecule has 2 aromatic carbocycles. The van der Waals surface area contributed by atoms with Crippen LogP contribution in [0.3, 0.4) is 0 Å². The van der Waals surface area contributed by atoms with Crippen LogP contribution in [0.2, 0.25) is 0 Å². The van der Waals surface area contributed by atoms with Crippen LogP contribution < -0.4 is 9.47 Å². The molecular formula is C24H27N3O2. The van der Waals surface area contributed by atoms with Gasteiger partial charge < -0.3 is 9.47 Å². The summed E-state index contributed by atoms with van der Waals surface area (Å²) in [5.74, 6) is 2.13. The number of ether oxygens (including phenoxy) is 2. The third kappa shape index (κ3) is 4.74. The van der Waals surface area contributed by atoms with Crippen LogP contribution in [0.5, 0.6) is 11.5 Å². The van der Waals surface area contributed by atoms with Crippen molar-refractivity contribution in [3.8, 4) is 22.8 Å². The van der Waals surface area contributed by atoms with Gasteiger partial charge in [-0.15, -0.1) is 0 Å². The zero-order chi connectivity index (χ0) is 20.1. The van der Waals surface area contributed by atoms with Gasteiger partial charge in [-0.25, -0.2) is 4.98 Å². The summed E-state index contributed by atoms with van der Waals surface area (Å²) >= 11 is 0. The average molecular weight is 389 g/mol. The number of aromatic nitrogens is 2. The van der Waals surface area contributed by atoms with Gasteiger partial charge in [0.05, 0.1) is 31.8 Å². The van der Waals surface area contributed by atoms with Crippen LogP contribution >= 0.6 is 0 Å². The van der Waals surface area contributed by atoms with Gasteiger partial charge in [-0.05, 0) is 49.2 Å². The molecule has 3 aromatic rings. The molecule has 0 saturated carbocycles. The number of nitrogens with zero attached hydrogens (tertiary/aromatic N) is 3. The molecule has 5 nitrogen and oxygen atoms in total. The number of hydrogen-bond donors (Lipinski definition) is 0. The minimum Gasteiger partial charge on any atom is -0.497 e. The summed E-state index contributed by atoms with van der Waals surface area (Å²) in [6.45, 7) is 3.07. The first-order valence-corrected chi connectivity index (χ1v) is 10.1. The van der Waals surface area contributed by atoms with Crippen molar-refractivity contribution in [1.29, 1.82) is 0 Å². The summed E-state index contributed by atoms with van der Waals surface area (Å²) in [4.78, 5) is 11.9. The minimum absolute atomic E-state index is 0.403. The quantitative estimate of drug-likeness (QED) is 0.619. The highest BCUT2D eigenvalue weighted by molar-refractivity contribution is 5.60. The lowest BCUT2D eigenvalue weighted by molar-refractivity contribution is 0.198. The van der Waals surface area contributed by atoms with Gasteiger partial charge in [0.15, 0.2) is 0 Å². The van der Waals surface area contributed by atoms with Crippen molar-refractivity contribution in [3.63, 3.8) is 0 Å². The second kappa shape index (κ2) is 9.05. The van der Waals surface area contributed by atoms with Crippen molar-refractivity contribution >= 4 is 0 Å². The highest BCUT2D eigenvalue weighted by atomic mass is 16.5. The minimum atomic E-state index is 0.403. The van der Waals surface area contributed by atoms with Crippen LogP contribution in [0.25, 0.3) is 11.3 Å². The molecule has 2 heterocycles. The highest BCUT2D eigenvalue weighted by Crippen LogP contribution is 2.29. The molecule has 0 N–H and O–H groups in total. The summed E-state index contributed by atoms with van der Waals surface area (Å²) in [7, 11) is 3.38. The predicted molar refractivity (Wildman–Crippen MR) is 114 cm³/mol. The van der Waals surface area contributed by atoms with Crippen molar-refractivity contribution < 1.29 is 9.47 Å². The maximum atomic E-state index is 5.35. The molecule has 4 rings (SSSR count). The number of methoxy groups -OCH3 is 2. The van der Waals surface area contributed by atoms with Crippen molar-refractivity contribution in [2.24, 2.45) is 0 Å². The first kappa shape index (κ1) is 19.4. The van der Waals surface area contributed by atoms with E-state index in [1.807, 2.05) is 48.8 Å². The topological polar surface area (TPSA) is 47.5 Å². The van der Waals surface area contributed by atoms with E-state index in [0.717, 1.165) is 54.5 Å². The van der Waals surface area contributed by atoms with Crippen molar-refractivity contribution in [1.82, 2.24) is 14.9 Å². The Balaban J connectivity index is 1.47. The van der Waals surface area contributed by atoms with E-state index in [1.165, 1.54) is 12.0 Å². The Bertz CT molecular complexity index is 943. The van der Waals surface area contributed by atoms with Crippen molar-refractivity contribution in [2.75, 3.05) is 27.3 Å². The zero-order valence-electron chi connectivity index (χ0n) is 17.0. The van der Waals surface area contributed by atoms with E-state index in [2.05, 4.69) is 22.0 Å². The second-order valence-corrected chi connectivity index (χ2v) is 7.48. The van der Waals surface area contributed by atoms with E-state index in [1.54, 1.807) is 14.2 Å². The lowest BCUT2D eigenvalue weighted by Crippen LogP contribution is -2.34. The summed E-state index contributed by atoms with van der Waals surface area (Å²) in [5, 5.41) is 0.